The monoisotopic (exact) mass is 155 g/mol. The SMILES string of the molecule is O=C1C[C@]2(CCCOC2)CN1. The second-order valence-corrected chi connectivity index (χ2v) is 3.61. The number of hydrogen-bond acceptors (Lipinski definition) is 2. The Labute approximate surface area is 66.1 Å². The van der Waals surface area contributed by atoms with Crippen molar-refractivity contribution < 1.29 is 9.53 Å². The first-order valence-electron chi connectivity index (χ1n) is 4.15. The molecule has 2 saturated heterocycles. The summed E-state index contributed by atoms with van der Waals surface area (Å²) < 4.78 is 5.36. The van der Waals surface area contributed by atoms with Gasteiger partial charge in [0.15, 0.2) is 0 Å². The van der Waals surface area contributed by atoms with Crippen molar-refractivity contribution in [1.82, 2.24) is 5.32 Å². The van der Waals surface area contributed by atoms with Gasteiger partial charge < -0.3 is 10.1 Å². The topological polar surface area (TPSA) is 38.3 Å². The van der Waals surface area contributed by atoms with Gasteiger partial charge in [0.1, 0.15) is 0 Å². The van der Waals surface area contributed by atoms with E-state index in [4.69, 9.17) is 4.74 Å². The molecular formula is C8H13NO2. The van der Waals surface area contributed by atoms with E-state index >= 15 is 0 Å². The lowest BCUT2D eigenvalue weighted by atomic mass is 9.82. The van der Waals surface area contributed by atoms with Gasteiger partial charge in [0.2, 0.25) is 5.91 Å². The standard InChI is InChI=1S/C8H13NO2/c10-7-4-8(5-9-7)2-1-3-11-6-8/h1-6H2,(H,9,10)/t8-/m1/s1. The molecule has 11 heavy (non-hydrogen) atoms. The first kappa shape index (κ1) is 7.10. The van der Waals surface area contributed by atoms with E-state index in [1.165, 1.54) is 0 Å². The van der Waals surface area contributed by atoms with Crippen LogP contribution >= 0.6 is 0 Å². The van der Waals surface area contributed by atoms with Gasteiger partial charge in [-0.3, -0.25) is 4.79 Å². The van der Waals surface area contributed by atoms with Crippen molar-refractivity contribution in [2.24, 2.45) is 5.41 Å². The molecular weight excluding hydrogens is 142 g/mol. The summed E-state index contributed by atoms with van der Waals surface area (Å²) in [5.41, 5.74) is 0.162. The number of carbonyl (C=O) groups excluding carboxylic acids is 1. The van der Waals surface area contributed by atoms with Crippen LogP contribution in [0.2, 0.25) is 0 Å². The van der Waals surface area contributed by atoms with Crippen LogP contribution in [0.5, 0.6) is 0 Å². The molecule has 2 aliphatic rings. The van der Waals surface area contributed by atoms with Crippen molar-refractivity contribution in [1.29, 1.82) is 0 Å². The fraction of sp³-hybridized carbons (Fsp3) is 0.875. The van der Waals surface area contributed by atoms with Gasteiger partial charge in [0, 0.05) is 25.0 Å². The van der Waals surface area contributed by atoms with Crippen LogP contribution in [0, 0.1) is 5.41 Å². The van der Waals surface area contributed by atoms with Crippen LogP contribution in [0.1, 0.15) is 19.3 Å². The highest BCUT2D eigenvalue weighted by molar-refractivity contribution is 5.79. The third kappa shape index (κ3) is 1.25. The van der Waals surface area contributed by atoms with Crippen LogP contribution in [0.25, 0.3) is 0 Å². The smallest absolute Gasteiger partial charge is 0.220 e. The third-order valence-electron chi connectivity index (χ3n) is 2.60. The molecule has 1 amide bonds. The second kappa shape index (κ2) is 2.48. The van der Waals surface area contributed by atoms with Crippen molar-refractivity contribution in [2.75, 3.05) is 19.8 Å². The van der Waals surface area contributed by atoms with Gasteiger partial charge in [-0.15, -0.1) is 0 Å². The van der Waals surface area contributed by atoms with Gasteiger partial charge in [-0.05, 0) is 12.8 Å². The Morgan fingerprint density at radius 2 is 2.45 bits per heavy atom. The zero-order valence-electron chi connectivity index (χ0n) is 6.56. The van der Waals surface area contributed by atoms with E-state index in [0.29, 0.717) is 6.42 Å². The highest BCUT2D eigenvalue weighted by Crippen LogP contribution is 2.34. The van der Waals surface area contributed by atoms with Crippen LogP contribution in [0.4, 0.5) is 0 Å². The molecule has 1 atom stereocenters. The summed E-state index contributed by atoms with van der Waals surface area (Å²) in [6.45, 7) is 2.47. The minimum Gasteiger partial charge on any atom is -0.381 e. The summed E-state index contributed by atoms with van der Waals surface area (Å²) in [6, 6.07) is 0. The molecule has 0 aromatic heterocycles. The minimum atomic E-state index is 0.162. The molecule has 0 radical (unpaired) electrons. The normalized spacial score (nSPS) is 37.6. The number of ether oxygens (including phenoxy) is 1. The third-order valence-corrected chi connectivity index (χ3v) is 2.60. The molecule has 2 heterocycles. The lowest BCUT2D eigenvalue weighted by Crippen LogP contribution is -2.33. The molecule has 1 spiro atoms. The quantitative estimate of drug-likeness (QED) is 0.546. The molecule has 0 unspecified atom stereocenters. The Morgan fingerprint density at radius 1 is 1.55 bits per heavy atom. The van der Waals surface area contributed by atoms with E-state index in [1.54, 1.807) is 0 Å². The van der Waals surface area contributed by atoms with Crippen molar-refractivity contribution in [3.8, 4) is 0 Å². The number of amides is 1. The van der Waals surface area contributed by atoms with Crippen molar-refractivity contribution in [2.45, 2.75) is 19.3 Å². The molecule has 0 aliphatic carbocycles. The number of rotatable bonds is 0. The molecule has 0 aromatic rings. The largest absolute Gasteiger partial charge is 0.381 e. The van der Waals surface area contributed by atoms with Gasteiger partial charge in [-0.25, -0.2) is 0 Å². The number of hydrogen-bond donors (Lipinski definition) is 1. The van der Waals surface area contributed by atoms with Gasteiger partial charge in [-0.2, -0.15) is 0 Å². The fourth-order valence-electron chi connectivity index (χ4n) is 1.94. The molecule has 2 fully saturated rings. The highest BCUT2D eigenvalue weighted by atomic mass is 16.5. The molecule has 3 nitrogen and oxygen atoms in total. The van der Waals surface area contributed by atoms with Crippen LogP contribution in [0.3, 0.4) is 0 Å². The molecule has 3 heteroatoms. The zero-order chi connectivity index (χ0) is 7.73. The average Bonchev–Trinajstić information content (AvgIpc) is 2.34. The summed E-state index contributed by atoms with van der Waals surface area (Å²) in [5.74, 6) is 0.190. The van der Waals surface area contributed by atoms with E-state index in [-0.39, 0.29) is 11.3 Å². The predicted molar refractivity (Wildman–Crippen MR) is 40.1 cm³/mol. The minimum absolute atomic E-state index is 0.162. The van der Waals surface area contributed by atoms with E-state index in [1.807, 2.05) is 0 Å². The predicted octanol–water partition coefficient (Wildman–Crippen LogP) is 0.303. The zero-order valence-corrected chi connectivity index (χ0v) is 6.56. The summed E-state index contributed by atoms with van der Waals surface area (Å²) in [6.07, 6.45) is 2.92. The maximum Gasteiger partial charge on any atom is 0.220 e. The molecule has 0 aromatic carbocycles. The Hall–Kier alpha value is -0.570. The van der Waals surface area contributed by atoms with Crippen LogP contribution in [-0.4, -0.2) is 25.7 Å². The lowest BCUT2D eigenvalue weighted by molar-refractivity contribution is -0.120. The second-order valence-electron chi connectivity index (χ2n) is 3.61. The Balaban J connectivity index is 2.03. The van der Waals surface area contributed by atoms with Crippen LogP contribution in [-0.2, 0) is 9.53 Å². The lowest BCUT2D eigenvalue weighted by Gasteiger charge is -2.30. The number of nitrogens with one attached hydrogen (secondary N) is 1. The van der Waals surface area contributed by atoms with Crippen molar-refractivity contribution >= 4 is 5.91 Å². The molecule has 2 rings (SSSR count). The average molecular weight is 155 g/mol. The maximum atomic E-state index is 10.9. The first-order valence-corrected chi connectivity index (χ1v) is 4.15. The molecule has 0 saturated carbocycles. The maximum absolute atomic E-state index is 10.9. The van der Waals surface area contributed by atoms with Gasteiger partial charge in [0.05, 0.1) is 6.61 Å². The van der Waals surface area contributed by atoms with Crippen LogP contribution < -0.4 is 5.32 Å². The molecule has 1 N–H and O–H groups in total. The van der Waals surface area contributed by atoms with E-state index < -0.39 is 0 Å². The summed E-state index contributed by atoms with van der Waals surface area (Å²) in [4.78, 5) is 10.9. The first-order chi connectivity index (χ1) is 5.31. The summed E-state index contributed by atoms with van der Waals surface area (Å²) in [5, 5.41) is 2.86. The van der Waals surface area contributed by atoms with Gasteiger partial charge >= 0.3 is 0 Å². The van der Waals surface area contributed by atoms with Gasteiger partial charge in [-0.1, -0.05) is 0 Å². The Kier molecular flexibility index (Phi) is 1.60. The molecule has 2 aliphatic heterocycles. The van der Waals surface area contributed by atoms with E-state index in [2.05, 4.69) is 5.32 Å². The summed E-state index contributed by atoms with van der Waals surface area (Å²) >= 11 is 0. The van der Waals surface area contributed by atoms with Crippen LogP contribution in [0.15, 0.2) is 0 Å². The highest BCUT2D eigenvalue weighted by Gasteiger charge is 2.39. The fourth-order valence-corrected chi connectivity index (χ4v) is 1.94. The summed E-state index contributed by atoms with van der Waals surface area (Å²) in [7, 11) is 0. The van der Waals surface area contributed by atoms with E-state index in [9.17, 15) is 4.79 Å². The van der Waals surface area contributed by atoms with Crippen molar-refractivity contribution in [3.63, 3.8) is 0 Å². The Morgan fingerprint density at radius 3 is 3.00 bits per heavy atom. The Bertz CT molecular complexity index is 173. The number of carbonyl (C=O) groups is 1. The molecule has 0 bridgehead atoms. The van der Waals surface area contributed by atoms with E-state index in [0.717, 1.165) is 32.6 Å². The molecule has 62 valence electrons. The van der Waals surface area contributed by atoms with Gasteiger partial charge in [0.25, 0.3) is 0 Å². The van der Waals surface area contributed by atoms with Crippen molar-refractivity contribution in [3.05, 3.63) is 0 Å².